The van der Waals surface area contributed by atoms with Gasteiger partial charge in [-0.15, -0.1) is 0 Å². The van der Waals surface area contributed by atoms with E-state index in [1.807, 2.05) is 12.1 Å². The van der Waals surface area contributed by atoms with Crippen molar-refractivity contribution in [2.75, 3.05) is 6.54 Å². The minimum atomic E-state index is -0.176. The molecule has 2 N–H and O–H groups in total. The van der Waals surface area contributed by atoms with Gasteiger partial charge >= 0.3 is 0 Å². The van der Waals surface area contributed by atoms with Crippen LogP contribution < -0.4 is 5.73 Å². The lowest BCUT2D eigenvalue weighted by molar-refractivity contribution is 0.245. The molecule has 0 aliphatic carbocycles. The standard InChI is InChI=1S/C17H19FN2/c18-17-5-2-13(3-6-17)11-20-8-7-15-4-1-14(10-19)9-16(15)12-20/h1-6,9H,7-8,10-12,19H2. The van der Waals surface area contributed by atoms with E-state index in [9.17, 15) is 4.39 Å². The van der Waals surface area contributed by atoms with Crippen LogP contribution in [-0.4, -0.2) is 11.4 Å². The van der Waals surface area contributed by atoms with Crippen molar-refractivity contribution in [3.05, 3.63) is 70.5 Å². The Balaban J connectivity index is 1.73. The number of hydrogen-bond donors (Lipinski definition) is 1. The Morgan fingerprint density at radius 2 is 1.75 bits per heavy atom. The van der Waals surface area contributed by atoms with Gasteiger partial charge in [-0.05, 0) is 40.8 Å². The summed E-state index contributed by atoms with van der Waals surface area (Å²) in [4.78, 5) is 2.40. The second kappa shape index (κ2) is 5.73. The molecule has 0 aromatic heterocycles. The van der Waals surface area contributed by atoms with E-state index in [1.165, 1.54) is 28.8 Å². The first-order chi connectivity index (χ1) is 9.74. The first-order valence-electron chi connectivity index (χ1n) is 7.02. The molecule has 0 saturated carbocycles. The maximum absolute atomic E-state index is 12.9. The first-order valence-corrected chi connectivity index (χ1v) is 7.02. The van der Waals surface area contributed by atoms with E-state index >= 15 is 0 Å². The van der Waals surface area contributed by atoms with E-state index in [-0.39, 0.29) is 5.82 Å². The molecule has 0 atom stereocenters. The highest BCUT2D eigenvalue weighted by Crippen LogP contribution is 2.21. The van der Waals surface area contributed by atoms with Crippen molar-refractivity contribution >= 4 is 0 Å². The van der Waals surface area contributed by atoms with Crippen LogP contribution in [-0.2, 0) is 26.1 Å². The summed E-state index contributed by atoms with van der Waals surface area (Å²) < 4.78 is 12.9. The second-order valence-electron chi connectivity index (χ2n) is 5.39. The summed E-state index contributed by atoms with van der Waals surface area (Å²) in [6, 6.07) is 13.3. The molecule has 20 heavy (non-hydrogen) atoms. The molecule has 3 rings (SSSR count). The zero-order valence-corrected chi connectivity index (χ0v) is 11.5. The van der Waals surface area contributed by atoms with Gasteiger partial charge in [0.25, 0.3) is 0 Å². The highest BCUT2D eigenvalue weighted by Gasteiger charge is 2.16. The van der Waals surface area contributed by atoms with Crippen molar-refractivity contribution < 1.29 is 4.39 Å². The molecule has 1 aliphatic rings. The molecule has 0 unspecified atom stereocenters. The average molecular weight is 270 g/mol. The molecule has 3 heteroatoms. The molecule has 2 aromatic rings. The highest BCUT2D eigenvalue weighted by molar-refractivity contribution is 5.34. The van der Waals surface area contributed by atoms with Crippen LogP contribution in [0.15, 0.2) is 42.5 Å². The van der Waals surface area contributed by atoms with E-state index in [0.717, 1.165) is 31.6 Å². The molecular formula is C17H19FN2. The number of hydrogen-bond acceptors (Lipinski definition) is 2. The Bertz CT molecular complexity index is 592. The minimum absolute atomic E-state index is 0.176. The fraction of sp³-hybridized carbons (Fsp3) is 0.294. The number of benzene rings is 2. The molecule has 0 saturated heterocycles. The predicted molar refractivity (Wildman–Crippen MR) is 78.6 cm³/mol. The van der Waals surface area contributed by atoms with Crippen LogP contribution >= 0.6 is 0 Å². The zero-order chi connectivity index (χ0) is 13.9. The van der Waals surface area contributed by atoms with E-state index < -0.39 is 0 Å². The van der Waals surface area contributed by atoms with Gasteiger partial charge in [0.15, 0.2) is 0 Å². The van der Waals surface area contributed by atoms with E-state index in [2.05, 4.69) is 23.1 Å². The fourth-order valence-corrected chi connectivity index (χ4v) is 2.78. The zero-order valence-electron chi connectivity index (χ0n) is 11.5. The summed E-state index contributed by atoms with van der Waals surface area (Å²) in [6.07, 6.45) is 1.07. The van der Waals surface area contributed by atoms with Crippen molar-refractivity contribution in [1.82, 2.24) is 4.90 Å². The molecular weight excluding hydrogens is 251 g/mol. The third kappa shape index (κ3) is 2.89. The number of nitrogens with two attached hydrogens (primary N) is 1. The van der Waals surface area contributed by atoms with Crippen molar-refractivity contribution in [3.8, 4) is 0 Å². The molecule has 0 bridgehead atoms. The van der Waals surface area contributed by atoms with Gasteiger partial charge in [0.05, 0.1) is 0 Å². The number of fused-ring (bicyclic) bond motifs is 1. The maximum Gasteiger partial charge on any atom is 0.123 e. The number of halogens is 1. The van der Waals surface area contributed by atoms with Crippen molar-refractivity contribution in [1.29, 1.82) is 0 Å². The number of nitrogens with zero attached hydrogens (tertiary/aromatic N) is 1. The molecule has 0 radical (unpaired) electrons. The Hall–Kier alpha value is -1.71. The molecule has 2 aromatic carbocycles. The lowest BCUT2D eigenvalue weighted by Crippen LogP contribution is -2.30. The third-order valence-electron chi connectivity index (χ3n) is 3.92. The molecule has 104 valence electrons. The summed E-state index contributed by atoms with van der Waals surface area (Å²) in [5.74, 6) is -0.176. The largest absolute Gasteiger partial charge is 0.326 e. The van der Waals surface area contributed by atoms with Gasteiger partial charge in [0.2, 0.25) is 0 Å². The molecule has 1 heterocycles. The lowest BCUT2D eigenvalue weighted by Gasteiger charge is -2.29. The van der Waals surface area contributed by atoms with Crippen LogP contribution in [0, 0.1) is 5.82 Å². The van der Waals surface area contributed by atoms with Crippen LogP contribution in [0.25, 0.3) is 0 Å². The summed E-state index contributed by atoms with van der Waals surface area (Å²) in [5.41, 5.74) is 10.9. The lowest BCUT2D eigenvalue weighted by atomic mass is 9.97. The van der Waals surface area contributed by atoms with Gasteiger partial charge in [0.1, 0.15) is 5.82 Å². The van der Waals surface area contributed by atoms with Crippen LogP contribution in [0.3, 0.4) is 0 Å². The van der Waals surface area contributed by atoms with Crippen LogP contribution in [0.2, 0.25) is 0 Å². The fourth-order valence-electron chi connectivity index (χ4n) is 2.78. The quantitative estimate of drug-likeness (QED) is 0.929. The first kappa shape index (κ1) is 13.3. The predicted octanol–water partition coefficient (Wildman–Crippen LogP) is 2.84. The Morgan fingerprint density at radius 3 is 2.50 bits per heavy atom. The molecule has 0 fully saturated rings. The molecule has 0 spiro atoms. The summed E-state index contributed by atoms with van der Waals surface area (Å²) in [7, 11) is 0. The summed E-state index contributed by atoms with van der Waals surface area (Å²) in [6.45, 7) is 3.45. The smallest absolute Gasteiger partial charge is 0.123 e. The molecule has 2 nitrogen and oxygen atoms in total. The van der Waals surface area contributed by atoms with Gasteiger partial charge in [-0.25, -0.2) is 4.39 Å². The van der Waals surface area contributed by atoms with Crippen LogP contribution in [0.4, 0.5) is 4.39 Å². The Labute approximate surface area is 119 Å². The SMILES string of the molecule is NCc1ccc2c(c1)CN(Cc1ccc(F)cc1)CC2. The van der Waals surface area contributed by atoms with Crippen molar-refractivity contribution in [2.45, 2.75) is 26.1 Å². The monoisotopic (exact) mass is 270 g/mol. The highest BCUT2D eigenvalue weighted by atomic mass is 19.1. The topological polar surface area (TPSA) is 29.3 Å². The number of rotatable bonds is 3. The Kier molecular flexibility index (Phi) is 3.81. The van der Waals surface area contributed by atoms with Gasteiger partial charge in [-0.1, -0.05) is 30.3 Å². The third-order valence-corrected chi connectivity index (χ3v) is 3.92. The summed E-state index contributed by atoms with van der Waals surface area (Å²) >= 11 is 0. The molecule has 0 amide bonds. The second-order valence-corrected chi connectivity index (χ2v) is 5.39. The van der Waals surface area contributed by atoms with Gasteiger partial charge in [-0.3, -0.25) is 4.90 Å². The van der Waals surface area contributed by atoms with E-state index in [0.29, 0.717) is 6.54 Å². The average Bonchev–Trinajstić information content (AvgIpc) is 2.49. The van der Waals surface area contributed by atoms with Crippen molar-refractivity contribution in [3.63, 3.8) is 0 Å². The minimum Gasteiger partial charge on any atom is -0.326 e. The van der Waals surface area contributed by atoms with Gasteiger partial charge in [-0.2, -0.15) is 0 Å². The van der Waals surface area contributed by atoms with E-state index in [1.54, 1.807) is 0 Å². The maximum atomic E-state index is 12.9. The van der Waals surface area contributed by atoms with Crippen molar-refractivity contribution in [2.24, 2.45) is 5.73 Å². The Morgan fingerprint density at radius 1 is 1.00 bits per heavy atom. The molecule has 1 aliphatic heterocycles. The van der Waals surface area contributed by atoms with Gasteiger partial charge in [0, 0.05) is 26.2 Å². The summed E-state index contributed by atoms with van der Waals surface area (Å²) in [5, 5.41) is 0. The van der Waals surface area contributed by atoms with Crippen LogP contribution in [0.1, 0.15) is 22.3 Å². The van der Waals surface area contributed by atoms with Gasteiger partial charge < -0.3 is 5.73 Å². The van der Waals surface area contributed by atoms with Crippen LogP contribution in [0.5, 0.6) is 0 Å². The normalized spacial score (nSPS) is 15.1. The van der Waals surface area contributed by atoms with E-state index in [4.69, 9.17) is 5.73 Å².